The van der Waals surface area contributed by atoms with Crippen molar-refractivity contribution in [1.82, 2.24) is 5.32 Å². The summed E-state index contributed by atoms with van der Waals surface area (Å²) in [6.07, 6.45) is 4.19. The van der Waals surface area contributed by atoms with Crippen molar-refractivity contribution in [3.63, 3.8) is 0 Å². The lowest BCUT2D eigenvalue weighted by atomic mass is 9.61. The smallest absolute Gasteiger partial charge is 0.173 e. The third-order valence-electron chi connectivity index (χ3n) is 5.56. The lowest BCUT2D eigenvalue weighted by Crippen LogP contribution is -2.46. The highest BCUT2D eigenvalue weighted by Gasteiger charge is 2.47. The van der Waals surface area contributed by atoms with E-state index < -0.39 is 11.1 Å². The van der Waals surface area contributed by atoms with Crippen LogP contribution in [0.4, 0.5) is 8.78 Å². The van der Waals surface area contributed by atoms with Gasteiger partial charge >= 0.3 is 0 Å². The Hall–Kier alpha value is -1.55. The molecule has 2 atom stereocenters. The average molecular weight is 333 g/mol. The van der Waals surface area contributed by atoms with E-state index in [1.54, 1.807) is 19.1 Å². The molecule has 2 aliphatic rings. The van der Waals surface area contributed by atoms with Crippen LogP contribution in [0.1, 0.15) is 49.9 Å². The second-order valence-electron chi connectivity index (χ2n) is 7.55. The molecule has 2 unspecified atom stereocenters. The van der Waals surface area contributed by atoms with Crippen molar-refractivity contribution in [2.24, 2.45) is 11.3 Å². The number of nitrogens with one attached hydrogen (secondary N) is 1. The van der Waals surface area contributed by atoms with Crippen molar-refractivity contribution in [2.75, 3.05) is 13.1 Å². The molecule has 1 aliphatic heterocycles. The van der Waals surface area contributed by atoms with Gasteiger partial charge in [0.25, 0.3) is 0 Å². The number of hydrogen-bond donors (Lipinski definition) is 1. The van der Waals surface area contributed by atoms with Gasteiger partial charge in [-0.3, -0.25) is 4.79 Å². The molecule has 0 amide bonds. The number of allylic oxidation sites excluding steroid dienone is 2. The number of piperidine rings is 1. The molecule has 0 aromatic heterocycles. The minimum atomic E-state index is -1.20. The first-order valence-electron chi connectivity index (χ1n) is 8.75. The fraction of sp³-hybridized carbons (Fsp3) is 0.550. The van der Waals surface area contributed by atoms with Crippen LogP contribution in [-0.2, 0) is 0 Å². The molecule has 4 heteroatoms. The van der Waals surface area contributed by atoms with E-state index in [2.05, 4.69) is 5.32 Å². The molecule has 1 saturated heterocycles. The minimum Gasteiger partial charge on any atom is -0.317 e. The zero-order chi connectivity index (χ0) is 17.4. The van der Waals surface area contributed by atoms with Gasteiger partial charge in [0.15, 0.2) is 5.78 Å². The molecule has 1 N–H and O–H groups in total. The Kier molecular flexibility index (Phi) is 4.60. The molecule has 1 aromatic rings. The van der Waals surface area contributed by atoms with E-state index in [0.29, 0.717) is 31.2 Å². The predicted molar refractivity (Wildman–Crippen MR) is 91.3 cm³/mol. The summed E-state index contributed by atoms with van der Waals surface area (Å²) in [6.45, 7) is 5.19. The summed E-state index contributed by atoms with van der Waals surface area (Å²) in [5, 5.41) is 3.31. The Labute approximate surface area is 142 Å². The molecule has 3 rings (SSSR count). The quantitative estimate of drug-likeness (QED) is 0.653. The van der Waals surface area contributed by atoms with Crippen molar-refractivity contribution < 1.29 is 13.6 Å². The lowest BCUT2D eigenvalue weighted by Gasteiger charge is -2.44. The van der Waals surface area contributed by atoms with Crippen LogP contribution in [-0.4, -0.2) is 24.5 Å². The third-order valence-corrected chi connectivity index (χ3v) is 5.56. The van der Waals surface area contributed by atoms with Gasteiger partial charge in [-0.25, -0.2) is 8.78 Å². The van der Waals surface area contributed by atoms with Gasteiger partial charge in [0.2, 0.25) is 0 Å². The SMILES string of the molecule is CC1CC(C)(F)CC=C1C1(C(=O)c2ccc(F)cc2)CCNCC1. The number of benzene rings is 1. The zero-order valence-corrected chi connectivity index (χ0v) is 14.4. The van der Waals surface area contributed by atoms with Gasteiger partial charge in [-0.2, -0.15) is 0 Å². The molecule has 1 heterocycles. The number of rotatable bonds is 3. The van der Waals surface area contributed by atoms with E-state index in [4.69, 9.17) is 0 Å². The van der Waals surface area contributed by atoms with Crippen molar-refractivity contribution in [1.29, 1.82) is 0 Å². The van der Waals surface area contributed by atoms with Crippen LogP contribution in [0.25, 0.3) is 0 Å². The molecule has 0 radical (unpaired) electrons. The van der Waals surface area contributed by atoms with E-state index in [1.807, 2.05) is 13.0 Å². The fourth-order valence-corrected chi connectivity index (χ4v) is 4.40. The Morgan fingerprint density at radius 1 is 1.21 bits per heavy atom. The highest BCUT2D eigenvalue weighted by Crippen LogP contribution is 2.48. The monoisotopic (exact) mass is 333 g/mol. The maximum atomic E-state index is 14.4. The molecule has 0 bridgehead atoms. The largest absolute Gasteiger partial charge is 0.317 e. The second kappa shape index (κ2) is 6.40. The first-order valence-corrected chi connectivity index (χ1v) is 8.75. The molecule has 1 fully saturated rings. The number of Topliss-reactive ketones (excluding diaryl/α,β-unsaturated/α-hetero) is 1. The van der Waals surface area contributed by atoms with Gasteiger partial charge < -0.3 is 5.32 Å². The van der Waals surface area contributed by atoms with Crippen LogP contribution in [0.5, 0.6) is 0 Å². The molecule has 24 heavy (non-hydrogen) atoms. The number of ketones is 1. The van der Waals surface area contributed by atoms with Crippen LogP contribution < -0.4 is 5.32 Å². The number of halogens is 2. The highest BCUT2D eigenvalue weighted by atomic mass is 19.1. The van der Waals surface area contributed by atoms with E-state index >= 15 is 0 Å². The standard InChI is InChI=1S/C20H25F2NO/c1-14-13-19(2,22)8-7-17(14)20(9-11-23-12-10-20)18(24)15-3-5-16(21)6-4-15/h3-7,14,23H,8-13H2,1-2H3. The Bertz CT molecular complexity index is 642. The zero-order valence-electron chi connectivity index (χ0n) is 14.4. The van der Waals surface area contributed by atoms with Gasteiger partial charge in [-0.15, -0.1) is 0 Å². The molecule has 1 aliphatic carbocycles. The second-order valence-corrected chi connectivity index (χ2v) is 7.55. The number of carbonyl (C=O) groups is 1. The van der Waals surface area contributed by atoms with Crippen molar-refractivity contribution >= 4 is 5.78 Å². The van der Waals surface area contributed by atoms with Crippen LogP contribution in [0.3, 0.4) is 0 Å². The molecule has 1 aromatic carbocycles. The molecule has 2 nitrogen and oxygen atoms in total. The Morgan fingerprint density at radius 2 is 1.83 bits per heavy atom. The van der Waals surface area contributed by atoms with E-state index in [-0.39, 0.29) is 17.5 Å². The molecule has 0 saturated carbocycles. The van der Waals surface area contributed by atoms with Crippen LogP contribution in [0.2, 0.25) is 0 Å². The van der Waals surface area contributed by atoms with Gasteiger partial charge in [-0.05, 0) is 75.9 Å². The summed E-state index contributed by atoms with van der Waals surface area (Å²) in [6, 6.07) is 5.79. The molecule has 0 spiro atoms. The van der Waals surface area contributed by atoms with Crippen molar-refractivity contribution in [2.45, 2.75) is 45.2 Å². The van der Waals surface area contributed by atoms with Gasteiger partial charge in [0.1, 0.15) is 11.5 Å². The van der Waals surface area contributed by atoms with Gasteiger partial charge in [0.05, 0.1) is 5.41 Å². The first kappa shape index (κ1) is 17.3. The lowest BCUT2D eigenvalue weighted by molar-refractivity contribution is 0.0735. The van der Waals surface area contributed by atoms with Crippen molar-refractivity contribution in [3.05, 3.63) is 47.3 Å². The van der Waals surface area contributed by atoms with Crippen LogP contribution in [0, 0.1) is 17.2 Å². The third kappa shape index (κ3) is 3.16. The summed E-state index contributed by atoms with van der Waals surface area (Å²) < 4.78 is 27.6. The summed E-state index contributed by atoms with van der Waals surface area (Å²) in [7, 11) is 0. The molecule has 130 valence electrons. The van der Waals surface area contributed by atoms with Crippen LogP contribution >= 0.6 is 0 Å². The summed E-state index contributed by atoms with van der Waals surface area (Å²) >= 11 is 0. The van der Waals surface area contributed by atoms with Gasteiger partial charge in [0, 0.05) is 5.56 Å². The van der Waals surface area contributed by atoms with E-state index in [0.717, 1.165) is 18.7 Å². The first-order chi connectivity index (χ1) is 11.3. The Balaban J connectivity index is 2.00. The summed E-state index contributed by atoms with van der Waals surface area (Å²) in [4.78, 5) is 13.4. The van der Waals surface area contributed by atoms with Crippen molar-refractivity contribution in [3.8, 4) is 0 Å². The topological polar surface area (TPSA) is 29.1 Å². The number of alkyl halides is 1. The molecular formula is C20H25F2NO. The number of hydrogen-bond acceptors (Lipinski definition) is 2. The fourth-order valence-electron chi connectivity index (χ4n) is 4.40. The highest BCUT2D eigenvalue weighted by molar-refractivity contribution is 6.02. The average Bonchev–Trinajstić information content (AvgIpc) is 2.54. The predicted octanol–water partition coefficient (Wildman–Crippen LogP) is 4.46. The summed E-state index contributed by atoms with van der Waals surface area (Å²) in [5.74, 6) is -0.259. The van der Waals surface area contributed by atoms with E-state index in [9.17, 15) is 13.6 Å². The normalized spacial score (nSPS) is 29.8. The van der Waals surface area contributed by atoms with E-state index in [1.165, 1.54) is 12.1 Å². The minimum absolute atomic E-state index is 0.0382. The maximum Gasteiger partial charge on any atom is 0.173 e. The van der Waals surface area contributed by atoms with Crippen LogP contribution in [0.15, 0.2) is 35.9 Å². The summed E-state index contributed by atoms with van der Waals surface area (Å²) in [5.41, 5.74) is -0.164. The Morgan fingerprint density at radius 3 is 2.42 bits per heavy atom. The molecular weight excluding hydrogens is 308 g/mol. The maximum absolute atomic E-state index is 14.4. The van der Waals surface area contributed by atoms with Gasteiger partial charge in [-0.1, -0.05) is 18.6 Å². The number of carbonyl (C=O) groups excluding carboxylic acids is 1.